The van der Waals surface area contributed by atoms with Crippen molar-refractivity contribution >= 4 is 45.8 Å². The Bertz CT molecular complexity index is 1480. The van der Waals surface area contributed by atoms with Crippen molar-refractivity contribution in [1.29, 1.82) is 5.41 Å². The topological polar surface area (TPSA) is 126 Å². The highest BCUT2D eigenvalue weighted by atomic mass is 32.2. The van der Waals surface area contributed by atoms with Crippen LogP contribution in [0.25, 0.3) is 17.0 Å². The number of hydrogen-bond acceptors (Lipinski definition) is 6. The lowest BCUT2D eigenvalue weighted by Crippen LogP contribution is -2.36. The van der Waals surface area contributed by atoms with Crippen molar-refractivity contribution < 1.29 is 40.8 Å². The fraction of sp³-hybridized carbons (Fsp3) is 0.217. The Hall–Kier alpha value is -4.05. The van der Waals surface area contributed by atoms with Crippen molar-refractivity contribution in [2.24, 2.45) is 5.73 Å². The summed E-state index contributed by atoms with van der Waals surface area (Å²) in [4.78, 5) is 30.8. The summed E-state index contributed by atoms with van der Waals surface area (Å²) in [7, 11) is 0. The van der Waals surface area contributed by atoms with Gasteiger partial charge in [0, 0.05) is 5.39 Å². The highest BCUT2D eigenvalue weighted by Gasteiger charge is 2.38. The molecule has 39 heavy (non-hydrogen) atoms. The molecule has 2 heterocycles. The standard InChI is InChI=1S/C23H18F6N6O3S/c24-22(25,26)15-3-2-13(16(9-15)23(27,28)29)11-35-17-4-1-12(7-14(17)10-32-35)8-18-19(36)34(21(37)39-18)5-6-38-33-20(30)31/h1-4,7-10H,5-6,11H2,(H4,30,31,33). The van der Waals surface area contributed by atoms with E-state index in [1.54, 1.807) is 12.1 Å². The number of benzene rings is 2. The van der Waals surface area contributed by atoms with Gasteiger partial charge in [0.2, 0.25) is 5.96 Å². The van der Waals surface area contributed by atoms with Gasteiger partial charge in [-0.15, -0.1) is 0 Å². The number of aromatic nitrogens is 2. The Morgan fingerprint density at radius 2 is 1.85 bits per heavy atom. The molecule has 0 aliphatic carbocycles. The predicted octanol–water partition coefficient (Wildman–Crippen LogP) is 4.57. The van der Waals surface area contributed by atoms with E-state index in [0.717, 1.165) is 11.0 Å². The highest BCUT2D eigenvalue weighted by molar-refractivity contribution is 8.18. The molecule has 0 atom stereocenters. The number of alkyl halides is 6. The smallest absolute Gasteiger partial charge is 0.368 e. The lowest BCUT2D eigenvalue weighted by Gasteiger charge is -2.16. The molecule has 16 heteroatoms. The molecule has 0 bridgehead atoms. The molecule has 0 spiro atoms. The number of rotatable bonds is 7. The fourth-order valence-electron chi connectivity index (χ4n) is 3.75. The summed E-state index contributed by atoms with van der Waals surface area (Å²) in [5, 5.41) is 11.0. The summed E-state index contributed by atoms with van der Waals surface area (Å²) in [6, 6.07) is 6.16. The number of fused-ring (bicyclic) bond motifs is 1. The molecule has 1 aromatic heterocycles. The van der Waals surface area contributed by atoms with Crippen LogP contribution < -0.4 is 11.2 Å². The second-order valence-electron chi connectivity index (χ2n) is 8.19. The van der Waals surface area contributed by atoms with Crippen LogP contribution in [0.1, 0.15) is 22.3 Å². The molecule has 4 N–H and O–H groups in total. The highest BCUT2D eigenvalue weighted by Crippen LogP contribution is 2.38. The Morgan fingerprint density at radius 1 is 1.10 bits per heavy atom. The molecule has 0 saturated carbocycles. The van der Waals surface area contributed by atoms with E-state index in [2.05, 4.69) is 10.6 Å². The van der Waals surface area contributed by atoms with Gasteiger partial charge in [-0.05, 0) is 53.2 Å². The maximum atomic E-state index is 13.5. The summed E-state index contributed by atoms with van der Waals surface area (Å²) in [5.74, 6) is -1.00. The first-order chi connectivity index (χ1) is 18.2. The van der Waals surface area contributed by atoms with Gasteiger partial charge in [-0.3, -0.25) is 29.4 Å². The third-order valence-corrected chi connectivity index (χ3v) is 6.41. The van der Waals surface area contributed by atoms with Crippen molar-refractivity contribution in [3.8, 4) is 0 Å². The van der Waals surface area contributed by atoms with Gasteiger partial charge in [-0.1, -0.05) is 12.1 Å². The Morgan fingerprint density at radius 3 is 2.51 bits per heavy atom. The normalized spacial score (nSPS) is 15.5. The first-order valence-corrected chi connectivity index (χ1v) is 11.8. The Labute approximate surface area is 220 Å². The number of halogens is 6. The molecular weight excluding hydrogens is 554 g/mol. The number of nitrogens with zero attached hydrogens (tertiary/aromatic N) is 3. The van der Waals surface area contributed by atoms with E-state index in [-0.39, 0.29) is 29.7 Å². The zero-order valence-electron chi connectivity index (χ0n) is 19.6. The van der Waals surface area contributed by atoms with Gasteiger partial charge in [0.25, 0.3) is 11.1 Å². The molecule has 1 aliphatic rings. The van der Waals surface area contributed by atoms with Crippen LogP contribution in [0.15, 0.2) is 47.5 Å². The quantitative estimate of drug-likeness (QED) is 0.0946. The second kappa shape index (κ2) is 10.6. The minimum Gasteiger partial charge on any atom is -0.368 e. The van der Waals surface area contributed by atoms with Crippen molar-refractivity contribution in [3.63, 3.8) is 0 Å². The number of hydrogen-bond donors (Lipinski definition) is 3. The average molecular weight is 572 g/mol. The van der Waals surface area contributed by atoms with E-state index < -0.39 is 47.1 Å². The first kappa shape index (κ1) is 28.0. The average Bonchev–Trinajstić information content (AvgIpc) is 3.35. The minimum atomic E-state index is -5.01. The van der Waals surface area contributed by atoms with Crippen LogP contribution in [-0.2, 0) is 28.5 Å². The van der Waals surface area contributed by atoms with E-state index in [4.69, 9.17) is 16.0 Å². The molecule has 3 aromatic rings. The monoisotopic (exact) mass is 572 g/mol. The van der Waals surface area contributed by atoms with Gasteiger partial charge in [-0.2, -0.15) is 31.4 Å². The van der Waals surface area contributed by atoms with Crippen LogP contribution in [-0.4, -0.2) is 44.9 Å². The van der Waals surface area contributed by atoms with Gasteiger partial charge in [0.15, 0.2) is 0 Å². The largest absolute Gasteiger partial charge is 0.416 e. The molecule has 1 saturated heterocycles. The van der Waals surface area contributed by atoms with Crippen LogP contribution in [0.5, 0.6) is 0 Å². The molecular formula is C23H18F6N6O3S. The zero-order chi connectivity index (χ0) is 28.5. The maximum absolute atomic E-state index is 13.5. The van der Waals surface area contributed by atoms with Crippen LogP contribution in [0.4, 0.5) is 31.1 Å². The SMILES string of the molecule is N=C(N)NOCCN1C(=O)SC(=Cc2ccc3c(cnn3Cc3ccc(C(F)(F)F)cc3C(F)(F)F)c2)C1=O. The second-order valence-corrected chi connectivity index (χ2v) is 9.18. The molecule has 1 aliphatic heterocycles. The molecule has 0 radical (unpaired) electrons. The van der Waals surface area contributed by atoms with Gasteiger partial charge < -0.3 is 5.73 Å². The van der Waals surface area contributed by atoms with E-state index in [1.807, 2.05) is 0 Å². The predicted molar refractivity (Wildman–Crippen MR) is 129 cm³/mol. The van der Waals surface area contributed by atoms with Crippen LogP contribution in [0, 0.1) is 5.41 Å². The summed E-state index contributed by atoms with van der Waals surface area (Å²) >= 11 is 0.708. The summed E-state index contributed by atoms with van der Waals surface area (Å²) in [5.41, 5.74) is 4.87. The minimum absolute atomic E-state index is 0.0815. The van der Waals surface area contributed by atoms with Crippen LogP contribution in [0.2, 0.25) is 0 Å². The number of imide groups is 1. The number of nitrogens with two attached hydrogens (primary N) is 1. The molecule has 0 unspecified atom stereocenters. The third kappa shape index (κ3) is 6.34. The number of amides is 2. The number of hydroxylamine groups is 1. The van der Waals surface area contributed by atoms with E-state index in [9.17, 15) is 35.9 Å². The van der Waals surface area contributed by atoms with Gasteiger partial charge in [-0.25, -0.2) is 5.48 Å². The van der Waals surface area contributed by atoms with E-state index >= 15 is 0 Å². The first-order valence-electron chi connectivity index (χ1n) is 10.9. The number of carbonyl (C=O) groups is 2. The lowest BCUT2D eigenvalue weighted by molar-refractivity contribution is -0.143. The number of nitrogens with one attached hydrogen (secondary N) is 2. The molecule has 1 fully saturated rings. The fourth-order valence-corrected chi connectivity index (χ4v) is 4.61. The Kier molecular flexibility index (Phi) is 7.61. The molecule has 2 amide bonds. The number of carbonyl (C=O) groups excluding carboxylic acids is 2. The van der Waals surface area contributed by atoms with E-state index in [0.29, 0.717) is 34.3 Å². The van der Waals surface area contributed by atoms with E-state index in [1.165, 1.54) is 23.0 Å². The molecule has 9 nitrogen and oxygen atoms in total. The van der Waals surface area contributed by atoms with Crippen molar-refractivity contribution in [1.82, 2.24) is 20.2 Å². The van der Waals surface area contributed by atoms with Crippen molar-refractivity contribution in [3.05, 3.63) is 69.8 Å². The molecule has 206 valence electrons. The summed E-state index contributed by atoms with van der Waals surface area (Å²) < 4.78 is 80.7. The van der Waals surface area contributed by atoms with Gasteiger partial charge in [0.1, 0.15) is 0 Å². The summed E-state index contributed by atoms with van der Waals surface area (Å²) in [6.07, 6.45) is -7.10. The molecule has 2 aromatic carbocycles. The number of thioether (sulfide) groups is 1. The summed E-state index contributed by atoms with van der Waals surface area (Å²) in [6.45, 7) is -0.627. The van der Waals surface area contributed by atoms with Gasteiger partial charge >= 0.3 is 12.4 Å². The van der Waals surface area contributed by atoms with Crippen molar-refractivity contribution in [2.75, 3.05) is 13.2 Å². The maximum Gasteiger partial charge on any atom is 0.416 e. The van der Waals surface area contributed by atoms with Crippen molar-refractivity contribution in [2.45, 2.75) is 18.9 Å². The number of guanidine groups is 1. The third-order valence-electron chi connectivity index (χ3n) is 5.50. The van der Waals surface area contributed by atoms with Crippen LogP contribution >= 0.6 is 11.8 Å². The van der Waals surface area contributed by atoms with Gasteiger partial charge in [0.05, 0.1) is 47.4 Å². The lowest BCUT2D eigenvalue weighted by atomic mass is 10.0. The Balaban J connectivity index is 1.54. The zero-order valence-corrected chi connectivity index (χ0v) is 20.4. The van der Waals surface area contributed by atoms with Crippen LogP contribution in [0.3, 0.4) is 0 Å². The molecule has 4 rings (SSSR count).